The number of fused-ring (bicyclic) bond motifs is 2. The van der Waals surface area contributed by atoms with E-state index in [9.17, 15) is 19.2 Å². The van der Waals surface area contributed by atoms with E-state index in [1.807, 2.05) is 66.7 Å². The summed E-state index contributed by atoms with van der Waals surface area (Å²) < 4.78 is 16.8. The fraction of sp³-hybridized carbons (Fsp3) is 0.170. The Morgan fingerprint density at radius 1 is 0.567 bits per heavy atom. The van der Waals surface area contributed by atoms with Gasteiger partial charge in [0.15, 0.2) is 11.6 Å². The van der Waals surface area contributed by atoms with Crippen LogP contribution in [0.5, 0.6) is 11.5 Å². The Hall–Kier alpha value is -5.60. The van der Waals surface area contributed by atoms with Gasteiger partial charge >= 0.3 is 30.8 Å². The molecule has 0 unspecified atom stereocenters. The van der Waals surface area contributed by atoms with Crippen LogP contribution in [0.3, 0.4) is 0 Å². The van der Waals surface area contributed by atoms with Gasteiger partial charge in [0.05, 0.1) is 19.4 Å². The maximum atomic E-state index is 12.8. The number of ether oxygens (including phenoxy) is 3. The molecule has 6 aromatic rings. The van der Waals surface area contributed by atoms with Crippen LogP contribution in [0.2, 0.25) is 20.1 Å². The Morgan fingerprint density at radius 2 is 0.940 bits per heavy atom. The Morgan fingerprint density at radius 3 is 1.31 bits per heavy atom. The van der Waals surface area contributed by atoms with Crippen LogP contribution in [-0.4, -0.2) is 40.7 Å². The fourth-order valence-electron chi connectivity index (χ4n) is 7.32. The summed E-state index contributed by atoms with van der Waals surface area (Å²) in [4.78, 5) is 47.9. The maximum absolute atomic E-state index is 12.8. The zero-order valence-electron chi connectivity index (χ0n) is 35.9. The molecule has 0 spiro atoms. The Kier molecular flexibility index (Phi) is 20.1. The van der Waals surface area contributed by atoms with Gasteiger partial charge in [0.2, 0.25) is 0 Å². The van der Waals surface area contributed by atoms with Crippen molar-refractivity contribution in [1.29, 1.82) is 0 Å². The third-order valence-corrected chi connectivity index (χ3v) is 11.2. The number of halogens is 4. The fourth-order valence-corrected chi connectivity index (χ4v) is 8.40. The van der Waals surface area contributed by atoms with Crippen molar-refractivity contribution >= 4 is 82.1 Å². The number of carbonyl (C=O) groups is 4. The van der Waals surface area contributed by atoms with Gasteiger partial charge < -0.3 is 24.8 Å². The van der Waals surface area contributed by atoms with E-state index >= 15 is 0 Å². The summed E-state index contributed by atoms with van der Waals surface area (Å²) in [7, 11) is 0. The Balaban J connectivity index is 0.000000280. The summed E-state index contributed by atoms with van der Waals surface area (Å²) in [5.74, 6) is 0.276. The molecule has 0 saturated heterocycles. The number of carbonyl (C=O) groups excluding carboxylic acids is 3. The summed E-state index contributed by atoms with van der Waals surface area (Å²) in [5.41, 5.74) is 9.72. The van der Waals surface area contributed by atoms with Gasteiger partial charge in [-0.25, -0.2) is 0 Å². The molecule has 0 saturated carbocycles. The molecule has 0 amide bonds. The molecule has 0 radical (unpaired) electrons. The van der Waals surface area contributed by atoms with Gasteiger partial charge in [-0.05, 0) is 136 Å². The maximum Gasteiger partial charge on any atom is 1.00 e. The van der Waals surface area contributed by atoms with Crippen LogP contribution < -0.4 is 28.3 Å². The van der Waals surface area contributed by atoms with E-state index in [1.165, 1.54) is 0 Å². The monoisotopic (exact) mass is 972 g/mol. The first-order chi connectivity index (χ1) is 30.8. The molecule has 2 aliphatic carbocycles. The van der Waals surface area contributed by atoms with E-state index in [0.29, 0.717) is 86.5 Å². The molecule has 0 bridgehead atoms. The summed E-state index contributed by atoms with van der Waals surface area (Å²) in [5, 5.41) is 10.9. The van der Waals surface area contributed by atoms with Gasteiger partial charge in [0.25, 0.3) is 0 Å². The standard InChI is InChI=1S/C27H22Cl2O4.C25H18Cl2O4.CH4.Li.H2O/c1-2-32-26(30)12-17-3-5-18(6-4-17)16-33-24-7-8-25-20(14-24)13-21(27(25)31)9-19-10-22(28)15-23(29)11-19;26-20-8-17(9-21(27)13-20)7-19-11-18-12-22(5-6-23(18)25(19)30)31-14-16-3-1-15(2-4-16)10-24(28)29;;;/h3-11,14-15H,2,12-13,16H2,1H3;1-9,12-13H,10-11,14H2,(H,28,29);1H4;;1H2/q;;;+1;/p-1/b21-9+;19-7+;;;. The predicted octanol–water partition coefficient (Wildman–Crippen LogP) is 9.99. The summed E-state index contributed by atoms with van der Waals surface area (Å²) in [6, 6.07) is 36.3. The molecule has 0 fully saturated rings. The third kappa shape index (κ3) is 14.9. The van der Waals surface area contributed by atoms with Crippen molar-refractivity contribution in [2.75, 3.05) is 6.61 Å². The average Bonchev–Trinajstić information content (AvgIpc) is 3.72. The molecule has 6 aromatic carbocycles. The Bertz CT molecular complexity index is 2780. The number of esters is 1. The quantitative estimate of drug-likeness (QED) is 0.0679. The molecule has 67 heavy (non-hydrogen) atoms. The predicted molar refractivity (Wildman–Crippen MR) is 260 cm³/mol. The normalized spacial score (nSPS) is 13.3. The minimum atomic E-state index is -0.858. The molecule has 340 valence electrons. The van der Waals surface area contributed by atoms with E-state index < -0.39 is 5.97 Å². The number of hydrogen-bond acceptors (Lipinski definition) is 8. The number of aliphatic carboxylic acids is 1. The summed E-state index contributed by atoms with van der Waals surface area (Å²) in [6.45, 7) is 2.91. The minimum Gasteiger partial charge on any atom is -0.870 e. The molecule has 2 N–H and O–H groups in total. The van der Waals surface area contributed by atoms with Crippen LogP contribution in [0.1, 0.15) is 79.6 Å². The van der Waals surface area contributed by atoms with Crippen LogP contribution in [0.4, 0.5) is 0 Å². The van der Waals surface area contributed by atoms with Crippen molar-refractivity contribution in [2.45, 2.75) is 53.2 Å². The van der Waals surface area contributed by atoms with Gasteiger partial charge in [-0.2, -0.15) is 0 Å². The molecular formula is C53H45Cl4LiO9. The van der Waals surface area contributed by atoms with Gasteiger partial charge in [0, 0.05) is 55.2 Å². The molecule has 14 heteroatoms. The molecule has 8 rings (SSSR count). The zero-order valence-corrected chi connectivity index (χ0v) is 38.9. The molecule has 0 heterocycles. The third-order valence-electron chi connectivity index (χ3n) is 10.3. The smallest absolute Gasteiger partial charge is 0.870 e. The second kappa shape index (κ2) is 25.0. The number of hydrogen-bond donors (Lipinski definition) is 1. The number of rotatable bonds is 13. The van der Waals surface area contributed by atoms with E-state index in [1.54, 1.807) is 73.7 Å². The summed E-state index contributed by atoms with van der Waals surface area (Å²) in [6.07, 6.45) is 4.94. The van der Waals surface area contributed by atoms with Crippen molar-refractivity contribution in [3.05, 3.63) is 208 Å². The van der Waals surface area contributed by atoms with Crippen molar-refractivity contribution in [1.82, 2.24) is 0 Å². The van der Waals surface area contributed by atoms with Crippen molar-refractivity contribution in [3.8, 4) is 11.5 Å². The van der Waals surface area contributed by atoms with Crippen LogP contribution in [0.25, 0.3) is 12.2 Å². The van der Waals surface area contributed by atoms with Crippen LogP contribution in [0, 0.1) is 0 Å². The number of ketones is 2. The molecular weight excluding hydrogens is 929 g/mol. The van der Waals surface area contributed by atoms with Crippen molar-refractivity contribution in [3.63, 3.8) is 0 Å². The van der Waals surface area contributed by atoms with Gasteiger partial charge in [-0.15, -0.1) is 0 Å². The van der Waals surface area contributed by atoms with E-state index in [0.717, 1.165) is 44.5 Å². The first kappa shape index (κ1) is 54.0. The Labute approximate surface area is 421 Å². The minimum absolute atomic E-state index is 0. The van der Waals surface area contributed by atoms with Crippen LogP contribution in [-0.2, 0) is 53.2 Å². The molecule has 9 nitrogen and oxygen atoms in total. The zero-order chi connectivity index (χ0) is 45.3. The number of carboxylic acids is 1. The van der Waals surface area contributed by atoms with Gasteiger partial charge in [-0.1, -0.05) is 102 Å². The van der Waals surface area contributed by atoms with E-state index in [-0.39, 0.29) is 62.1 Å². The first-order valence-electron chi connectivity index (χ1n) is 20.3. The van der Waals surface area contributed by atoms with Crippen molar-refractivity contribution < 1.29 is 62.8 Å². The largest absolute Gasteiger partial charge is 1.00 e. The first-order valence-corrected chi connectivity index (χ1v) is 21.8. The molecule has 2 aliphatic rings. The van der Waals surface area contributed by atoms with Gasteiger partial charge in [-0.3, -0.25) is 19.2 Å². The molecule has 0 aromatic heterocycles. The second-order valence-electron chi connectivity index (χ2n) is 15.2. The second-order valence-corrected chi connectivity index (χ2v) is 16.9. The van der Waals surface area contributed by atoms with Crippen LogP contribution >= 0.6 is 46.4 Å². The SMILES string of the molecule is C.CCOC(=O)Cc1ccc(COc2ccc3c(c2)C/C(=C\c2cc(Cl)cc(Cl)c2)C3=O)cc1.O=C(O)Cc1ccc(COc2ccc3c(c2)C/C(=C\c2cc(Cl)cc(Cl)c2)C3=O)cc1.[Li+].[OH-]. The molecule has 0 aliphatic heterocycles. The van der Waals surface area contributed by atoms with Crippen molar-refractivity contribution in [2.24, 2.45) is 0 Å². The number of benzene rings is 6. The number of Topliss-reactive ketones (excluding diaryl/α,β-unsaturated/α-hetero) is 2. The van der Waals surface area contributed by atoms with E-state index in [4.69, 9.17) is 65.7 Å². The van der Waals surface area contributed by atoms with E-state index in [2.05, 4.69) is 0 Å². The molecule has 0 atom stereocenters. The average molecular weight is 975 g/mol. The number of allylic oxidation sites excluding steroid dienone is 2. The van der Waals surface area contributed by atoms with Crippen LogP contribution in [0.15, 0.2) is 132 Å². The summed E-state index contributed by atoms with van der Waals surface area (Å²) >= 11 is 24.3. The van der Waals surface area contributed by atoms with Gasteiger partial charge in [0.1, 0.15) is 24.7 Å². The topological polar surface area (TPSA) is 146 Å². The number of carboxylic acid groups (broad SMARTS) is 1.